The quantitative estimate of drug-likeness (QED) is 0.890. The number of carbonyl (C=O) groups excluding carboxylic acids is 1. The first-order valence-electron chi connectivity index (χ1n) is 7.27. The number of amides is 1. The lowest BCUT2D eigenvalue weighted by molar-refractivity contribution is 0.0738. The number of nitrogens with zero attached hydrogens (tertiary/aromatic N) is 2. The second-order valence-electron chi connectivity index (χ2n) is 5.07. The number of likely N-dealkylation sites (N-methyl/N-ethyl adjacent to an activating group) is 1. The number of pyridine rings is 1. The second-order valence-corrected chi connectivity index (χ2v) is 5.07. The Morgan fingerprint density at radius 3 is 3.05 bits per heavy atom. The number of hydrogen-bond donors (Lipinski definition) is 1. The molecule has 1 amide bonds. The minimum absolute atomic E-state index is 0.0131. The molecule has 1 atom stereocenters. The van der Waals surface area contributed by atoms with Crippen LogP contribution in [0, 0.1) is 0 Å². The van der Waals surface area contributed by atoms with Gasteiger partial charge >= 0.3 is 0 Å². The van der Waals surface area contributed by atoms with Crippen LogP contribution in [0.3, 0.4) is 0 Å². The first kappa shape index (κ1) is 14.8. The van der Waals surface area contributed by atoms with E-state index in [0.29, 0.717) is 23.9 Å². The van der Waals surface area contributed by atoms with E-state index in [4.69, 9.17) is 4.74 Å². The van der Waals surface area contributed by atoms with Gasteiger partial charge in [-0.3, -0.25) is 9.78 Å². The van der Waals surface area contributed by atoms with Crippen LogP contribution < -0.4 is 10.1 Å². The summed E-state index contributed by atoms with van der Waals surface area (Å²) in [6.45, 7) is 4.51. The number of ether oxygens (including phenoxy) is 1. The Labute approximate surface area is 120 Å². The largest absolute Gasteiger partial charge is 0.494 e. The van der Waals surface area contributed by atoms with Crippen LogP contribution in [-0.2, 0) is 0 Å². The Morgan fingerprint density at radius 1 is 1.55 bits per heavy atom. The van der Waals surface area contributed by atoms with Crippen molar-refractivity contribution in [1.82, 2.24) is 15.2 Å². The van der Waals surface area contributed by atoms with Gasteiger partial charge in [-0.15, -0.1) is 0 Å². The third kappa shape index (κ3) is 3.48. The number of hydrogen-bond acceptors (Lipinski definition) is 4. The smallest absolute Gasteiger partial charge is 0.257 e. The predicted octanol–water partition coefficient (Wildman–Crippen LogP) is 1.69. The number of nitrogens with one attached hydrogen (secondary N) is 1. The molecule has 2 rings (SSSR count). The van der Waals surface area contributed by atoms with E-state index in [1.165, 1.54) is 12.8 Å². The molecule has 0 radical (unpaired) electrons. The van der Waals surface area contributed by atoms with Crippen molar-refractivity contribution in [2.45, 2.75) is 32.2 Å². The molecule has 1 saturated heterocycles. The van der Waals surface area contributed by atoms with Crippen molar-refractivity contribution >= 4 is 5.91 Å². The van der Waals surface area contributed by atoms with Crippen molar-refractivity contribution in [3.63, 3.8) is 0 Å². The average molecular weight is 277 g/mol. The normalized spacial score (nSPS) is 18.6. The summed E-state index contributed by atoms with van der Waals surface area (Å²) in [6.07, 6.45) is 6.82. The molecule has 1 unspecified atom stereocenters. The predicted molar refractivity (Wildman–Crippen MR) is 78.0 cm³/mol. The monoisotopic (exact) mass is 277 g/mol. The fourth-order valence-corrected chi connectivity index (χ4v) is 2.59. The summed E-state index contributed by atoms with van der Waals surface area (Å²) in [7, 11) is 1.56. The molecule has 0 saturated carbocycles. The van der Waals surface area contributed by atoms with E-state index < -0.39 is 0 Å². The van der Waals surface area contributed by atoms with Gasteiger partial charge in [-0.25, -0.2) is 0 Å². The molecule has 1 aromatic rings. The number of carbonyl (C=O) groups is 1. The van der Waals surface area contributed by atoms with Crippen molar-refractivity contribution in [2.24, 2.45) is 0 Å². The molecule has 1 fully saturated rings. The van der Waals surface area contributed by atoms with Gasteiger partial charge < -0.3 is 15.0 Å². The Morgan fingerprint density at radius 2 is 2.40 bits per heavy atom. The molecular weight excluding hydrogens is 254 g/mol. The highest BCUT2D eigenvalue weighted by Crippen LogP contribution is 2.19. The maximum absolute atomic E-state index is 12.6. The van der Waals surface area contributed by atoms with Gasteiger partial charge in [0.1, 0.15) is 5.75 Å². The highest BCUT2D eigenvalue weighted by molar-refractivity contribution is 5.96. The van der Waals surface area contributed by atoms with E-state index >= 15 is 0 Å². The van der Waals surface area contributed by atoms with E-state index in [9.17, 15) is 4.79 Å². The van der Waals surface area contributed by atoms with E-state index in [1.54, 1.807) is 25.6 Å². The second kappa shape index (κ2) is 7.24. The Hall–Kier alpha value is -1.62. The third-order valence-corrected chi connectivity index (χ3v) is 3.76. The zero-order valence-corrected chi connectivity index (χ0v) is 12.3. The number of methoxy groups -OCH3 is 1. The van der Waals surface area contributed by atoms with Crippen molar-refractivity contribution in [3.05, 3.63) is 24.0 Å². The molecule has 5 nitrogen and oxygen atoms in total. The van der Waals surface area contributed by atoms with Crippen LogP contribution >= 0.6 is 0 Å². The molecule has 1 aliphatic rings. The maximum Gasteiger partial charge on any atom is 0.257 e. The van der Waals surface area contributed by atoms with Gasteiger partial charge in [0.15, 0.2) is 0 Å². The summed E-state index contributed by atoms with van der Waals surface area (Å²) >= 11 is 0. The minimum Gasteiger partial charge on any atom is -0.494 e. The lowest BCUT2D eigenvalue weighted by Gasteiger charge is -2.30. The van der Waals surface area contributed by atoms with Crippen LogP contribution in [0.1, 0.15) is 36.5 Å². The highest BCUT2D eigenvalue weighted by Gasteiger charge is 2.22. The zero-order chi connectivity index (χ0) is 14.4. The number of aromatic nitrogens is 1. The number of piperidine rings is 1. The Kier molecular flexibility index (Phi) is 5.35. The van der Waals surface area contributed by atoms with Crippen LogP contribution in [0.25, 0.3) is 0 Å². The first-order chi connectivity index (χ1) is 9.76. The maximum atomic E-state index is 12.6. The average Bonchev–Trinajstić information content (AvgIpc) is 2.53. The summed E-state index contributed by atoms with van der Waals surface area (Å²) in [5.41, 5.74) is 0.583. The highest BCUT2D eigenvalue weighted by atomic mass is 16.5. The van der Waals surface area contributed by atoms with Gasteiger partial charge in [0.2, 0.25) is 0 Å². The van der Waals surface area contributed by atoms with Crippen LogP contribution in [-0.4, -0.2) is 48.6 Å². The molecule has 1 aromatic heterocycles. The molecule has 0 spiro atoms. The SMILES string of the molecule is CCN(CC1CCCCN1)C(=O)c1ccncc1OC. The van der Waals surface area contributed by atoms with E-state index in [2.05, 4.69) is 10.3 Å². The van der Waals surface area contributed by atoms with Crippen LogP contribution in [0.4, 0.5) is 0 Å². The molecule has 110 valence electrons. The lowest BCUT2D eigenvalue weighted by atomic mass is 10.0. The van der Waals surface area contributed by atoms with Crippen LogP contribution in [0.15, 0.2) is 18.5 Å². The van der Waals surface area contributed by atoms with E-state index in [1.807, 2.05) is 11.8 Å². The Balaban J connectivity index is 2.07. The number of rotatable bonds is 5. The molecule has 2 heterocycles. The van der Waals surface area contributed by atoms with Gasteiger partial charge in [0, 0.05) is 25.3 Å². The van der Waals surface area contributed by atoms with Gasteiger partial charge in [0.05, 0.1) is 18.9 Å². The molecule has 20 heavy (non-hydrogen) atoms. The fraction of sp³-hybridized carbons (Fsp3) is 0.600. The van der Waals surface area contributed by atoms with E-state index in [0.717, 1.165) is 19.5 Å². The molecule has 0 aliphatic carbocycles. The first-order valence-corrected chi connectivity index (χ1v) is 7.27. The minimum atomic E-state index is 0.0131. The van der Waals surface area contributed by atoms with Gasteiger partial charge in [-0.2, -0.15) is 0 Å². The molecule has 0 aromatic carbocycles. The summed E-state index contributed by atoms with van der Waals surface area (Å²) in [5.74, 6) is 0.548. The molecule has 0 bridgehead atoms. The van der Waals surface area contributed by atoms with Gasteiger partial charge in [-0.05, 0) is 32.4 Å². The molecule has 1 N–H and O–H groups in total. The molecular formula is C15H23N3O2. The molecule has 1 aliphatic heterocycles. The fourth-order valence-electron chi connectivity index (χ4n) is 2.59. The van der Waals surface area contributed by atoms with Gasteiger partial charge in [-0.1, -0.05) is 6.42 Å². The summed E-state index contributed by atoms with van der Waals surface area (Å²) in [5, 5.41) is 3.48. The zero-order valence-electron chi connectivity index (χ0n) is 12.3. The van der Waals surface area contributed by atoms with Crippen molar-refractivity contribution in [3.8, 4) is 5.75 Å². The van der Waals surface area contributed by atoms with Crippen molar-refractivity contribution in [2.75, 3.05) is 26.7 Å². The topological polar surface area (TPSA) is 54.5 Å². The summed E-state index contributed by atoms with van der Waals surface area (Å²) in [6, 6.07) is 2.12. The van der Waals surface area contributed by atoms with E-state index in [-0.39, 0.29) is 5.91 Å². The van der Waals surface area contributed by atoms with Crippen molar-refractivity contribution < 1.29 is 9.53 Å². The third-order valence-electron chi connectivity index (χ3n) is 3.76. The summed E-state index contributed by atoms with van der Waals surface area (Å²) in [4.78, 5) is 18.5. The Bertz CT molecular complexity index is 444. The lowest BCUT2D eigenvalue weighted by Crippen LogP contribution is -2.45. The summed E-state index contributed by atoms with van der Waals surface area (Å²) < 4.78 is 5.23. The van der Waals surface area contributed by atoms with Crippen molar-refractivity contribution in [1.29, 1.82) is 0 Å². The standard InChI is InChI=1S/C15H23N3O2/c1-3-18(11-12-6-4-5-8-17-12)15(19)13-7-9-16-10-14(13)20-2/h7,9-10,12,17H,3-6,8,11H2,1-2H3. The van der Waals surface area contributed by atoms with Crippen LogP contribution in [0.2, 0.25) is 0 Å². The van der Waals surface area contributed by atoms with Gasteiger partial charge in [0.25, 0.3) is 5.91 Å². The molecule has 5 heteroatoms. The van der Waals surface area contributed by atoms with Crippen LogP contribution in [0.5, 0.6) is 5.75 Å².